The molecule has 1 saturated carbocycles. The zero-order chi connectivity index (χ0) is 17.5. The second-order valence-electron chi connectivity index (χ2n) is 8.34. The van der Waals surface area contributed by atoms with Crippen molar-refractivity contribution in [3.05, 3.63) is 41.6 Å². The average molecular weight is 339 g/mol. The van der Waals surface area contributed by atoms with Crippen LogP contribution in [0.25, 0.3) is 0 Å². The van der Waals surface area contributed by atoms with E-state index in [1.54, 1.807) is 0 Å². The number of rotatable bonds is 4. The maximum Gasteiger partial charge on any atom is 0.0642 e. The predicted octanol–water partition coefficient (Wildman–Crippen LogP) is 3.79. The first-order chi connectivity index (χ1) is 12.0. The van der Waals surface area contributed by atoms with Gasteiger partial charge in [-0.15, -0.1) is 0 Å². The number of allylic oxidation sites excluding steroid dienone is 2. The molecule has 0 radical (unpaired) electrons. The maximum atomic E-state index is 5.41. The van der Waals surface area contributed by atoms with Gasteiger partial charge in [0.1, 0.15) is 0 Å². The number of benzene rings is 1. The summed E-state index contributed by atoms with van der Waals surface area (Å²) in [4.78, 5) is 2.37. The Morgan fingerprint density at radius 3 is 2.48 bits per heavy atom. The number of ether oxygens (including phenoxy) is 1. The SMILES string of the molecule is CC1(C)[C@@H]2C=C(N/N=C\c3ccc(N4CCOCC4)cc3)[C@@]1(C)CC2. The molecule has 4 heteroatoms. The van der Waals surface area contributed by atoms with E-state index in [-0.39, 0.29) is 5.41 Å². The van der Waals surface area contributed by atoms with Gasteiger partial charge in [-0.05, 0) is 41.9 Å². The number of nitrogens with zero attached hydrogens (tertiary/aromatic N) is 2. The Morgan fingerprint density at radius 2 is 1.88 bits per heavy atom. The van der Waals surface area contributed by atoms with Crippen molar-refractivity contribution < 1.29 is 4.74 Å². The molecule has 3 aliphatic rings. The molecule has 0 aromatic heterocycles. The van der Waals surface area contributed by atoms with Crippen LogP contribution in [0.4, 0.5) is 5.69 Å². The van der Waals surface area contributed by atoms with E-state index in [0.717, 1.165) is 31.9 Å². The highest BCUT2D eigenvalue weighted by atomic mass is 16.5. The van der Waals surface area contributed by atoms with Crippen LogP contribution in [0, 0.1) is 16.7 Å². The van der Waals surface area contributed by atoms with E-state index in [0.29, 0.717) is 11.3 Å². The molecular formula is C21H29N3O. The molecule has 25 heavy (non-hydrogen) atoms. The van der Waals surface area contributed by atoms with E-state index in [2.05, 4.69) is 66.5 Å². The quantitative estimate of drug-likeness (QED) is 0.670. The monoisotopic (exact) mass is 339 g/mol. The minimum Gasteiger partial charge on any atom is -0.378 e. The molecule has 2 aliphatic carbocycles. The summed E-state index contributed by atoms with van der Waals surface area (Å²) in [6.07, 6.45) is 6.89. The lowest BCUT2D eigenvalue weighted by Crippen LogP contribution is -2.36. The number of hydrazone groups is 1. The molecule has 4 rings (SSSR count). The average Bonchev–Trinajstić information content (AvgIpc) is 2.96. The molecule has 0 amide bonds. The second kappa shape index (κ2) is 6.17. The second-order valence-corrected chi connectivity index (χ2v) is 8.34. The van der Waals surface area contributed by atoms with Gasteiger partial charge >= 0.3 is 0 Å². The van der Waals surface area contributed by atoms with Crippen molar-refractivity contribution in [2.75, 3.05) is 31.2 Å². The van der Waals surface area contributed by atoms with E-state index < -0.39 is 0 Å². The Labute approximate surface area is 150 Å². The largest absolute Gasteiger partial charge is 0.378 e. The maximum absolute atomic E-state index is 5.41. The summed E-state index contributed by atoms with van der Waals surface area (Å²) in [5, 5.41) is 4.52. The van der Waals surface area contributed by atoms with Crippen LogP contribution in [-0.2, 0) is 4.74 Å². The fourth-order valence-electron chi connectivity index (χ4n) is 4.62. The van der Waals surface area contributed by atoms with Gasteiger partial charge in [0.15, 0.2) is 0 Å². The highest BCUT2D eigenvalue weighted by Gasteiger charge is 2.57. The van der Waals surface area contributed by atoms with Gasteiger partial charge in [-0.1, -0.05) is 39.0 Å². The fraction of sp³-hybridized carbons (Fsp3) is 0.571. The first-order valence-corrected chi connectivity index (χ1v) is 9.45. The Balaban J connectivity index is 1.39. The van der Waals surface area contributed by atoms with Crippen molar-refractivity contribution in [3.63, 3.8) is 0 Å². The fourth-order valence-corrected chi connectivity index (χ4v) is 4.62. The van der Waals surface area contributed by atoms with Gasteiger partial charge < -0.3 is 9.64 Å². The minimum absolute atomic E-state index is 0.231. The third kappa shape index (κ3) is 2.77. The summed E-state index contributed by atoms with van der Waals surface area (Å²) in [5.74, 6) is 0.683. The van der Waals surface area contributed by atoms with Crippen LogP contribution in [0.3, 0.4) is 0 Å². The summed E-state index contributed by atoms with van der Waals surface area (Å²) in [7, 11) is 0. The molecule has 1 aromatic rings. The Morgan fingerprint density at radius 1 is 1.16 bits per heavy atom. The lowest BCUT2D eigenvalue weighted by Gasteiger charge is -2.36. The van der Waals surface area contributed by atoms with Crippen LogP contribution in [0.15, 0.2) is 41.1 Å². The van der Waals surface area contributed by atoms with Gasteiger partial charge in [-0.2, -0.15) is 5.10 Å². The Bertz CT molecular complexity index is 686. The van der Waals surface area contributed by atoms with Crippen molar-refractivity contribution in [3.8, 4) is 0 Å². The van der Waals surface area contributed by atoms with E-state index in [1.807, 2.05) is 6.21 Å². The lowest BCUT2D eigenvalue weighted by molar-refractivity contribution is 0.122. The molecule has 1 heterocycles. The highest BCUT2D eigenvalue weighted by molar-refractivity contribution is 5.80. The lowest BCUT2D eigenvalue weighted by atomic mass is 9.69. The standard InChI is InChI=1S/C21H29N3O/c1-20(2)17-8-9-21(20,3)19(14-17)23-22-15-16-4-6-18(7-5-16)24-10-12-25-13-11-24/h4-7,14-15,17,23H,8-13H2,1-3H3/b22-15-/t17-,21+/m0/s1. The molecule has 1 aromatic carbocycles. The van der Waals surface area contributed by atoms with Crippen LogP contribution in [0.1, 0.15) is 39.2 Å². The van der Waals surface area contributed by atoms with Crippen LogP contribution < -0.4 is 10.3 Å². The van der Waals surface area contributed by atoms with Crippen molar-refractivity contribution >= 4 is 11.9 Å². The number of anilines is 1. The van der Waals surface area contributed by atoms with E-state index in [1.165, 1.54) is 24.2 Å². The molecular weight excluding hydrogens is 310 g/mol. The third-order valence-corrected chi connectivity index (χ3v) is 6.93. The summed E-state index contributed by atoms with van der Waals surface area (Å²) in [6, 6.07) is 8.62. The molecule has 1 N–H and O–H groups in total. The normalized spacial score (nSPS) is 30.8. The minimum atomic E-state index is 0.231. The zero-order valence-corrected chi connectivity index (χ0v) is 15.6. The van der Waals surface area contributed by atoms with Crippen LogP contribution in [0.2, 0.25) is 0 Å². The Kier molecular flexibility index (Phi) is 4.11. The van der Waals surface area contributed by atoms with Gasteiger partial charge in [-0.3, -0.25) is 5.43 Å². The molecule has 2 bridgehead atoms. The van der Waals surface area contributed by atoms with Crippen molar-refractivity contribution in [2.45, 2.75) is 33.6 Å². The van der Waals surface area contributed by atoms with E-state index in [9.17, 15) is 0 Å². The summed E-state index contributed by atoms with van der Waals surface area (Å²) in [5.41, 5.74) is 7.59. The van der Waals surface area contributed by atoms with Crippen molar-refractivity contribution in [1.82, 2.24) is 5.43 Å². The number of hydrogen-bond acceptors (Lipinski definition) is 4. The number of nitrogens with one attached hydrogen (secondary N) is 1. The molecule has 4 nitrogen and oxygen atoms in total. The van der Waals surface area contributed by atoms with E-state index >= 15 is 0 Å². The van der Waals surface area contributed by atoms with Gasteiger partial charge in [0.05, 0.1) is 19.4 Å². The summed E-state index contributed by atoms with van der Waals surface area (Å²) < 4.78 is 5.41. The number of fused-ring (bicyclic) bond motifs is 2. The Hall–Kier alpha value is -1.81. The van der Waals surface area contributed by atoms with Crippen LogP contribution in [-0.4, -0.2) is 32.5 Å². The van der Waals surface area contributed by atoms with Gasteiger partial charge in [0, 0.05) is 29.9 Å². The van der Waals surface area contributed by atoms with Gasteiger partial charge in [0.25, 0.3) is 0 Å². The smallest absolute Gasteiger partial charge is 0.0642 e. The van der Waals surface area contributed by atoms with Crippen LogP contribution >= 0.6 is 0 Å². The number of hydrogen-bond donors (Lipinski definition) is 1. The van der Waals surface area contributed by atoms with Crippen molar-refractivity contribution in [2.24, 2.45) is 21.8 Å². The summed E-state index contributed by atoms with van der Waals surface area (Å²) in [6.45, 7) is 10.7. The molecule has 2 atom stereocenters. The van der Waals surface area contributed by atoms with Crippen LogP contribution in [0.5, 0.6) is 0 Å². The third-order valence-electron chi connectivity index (χ3n) is 6.93. The number of morpholine rings is 1. The first kappa shape index (κ1) is 16.6. The van der Waals surface area contributed by atoms with Gasteiger partial charge in [-0.25, -0.2) is 0 Å². The zero-order valence-electron chi connectivity index (χ0n) is 15.6. The van der Waals surface area contributed by atoms with E-state index in [4.69, 9.17) is 4.74 Å². The van der Waals surface area contributed by atoms with Gasteiger partial charge in [0.2, 0.25) is 0 Å². The molecule has 0 spiro atoms. The molecule has 1 aliphatic heterocycles. The molecule has 2 fully saturated rings. The topological polar surface area (TPSA) is 36.9 Å². The summed E-state index contributed by atoms with van der Waals surface area (Å²) >= 11 is 0. The highest BCUT2D eigenvalue weighted by Crippen LogP contribution is 2.64. The molecule has 134 valence electrons. The first-order valence-electron chi connectivity index (χ1n) is 9.45. The predicted molar refractivity (Wildman–Crippen MR) is 103 cm³/mol. The molecule has 1 saturated heterocycles. The molecule has 0 unspecified atom stereocenters. The van der Waals surface area contributed by atoms with Crippen molar-refractivity contribution in [1.29, 1.82) is 0 Å².